The SMILES string of the molecule is CNC(=O)c1cccc(C)c1C1C(=O)C(C)C(C)C(c2ccc(OC)cc2)C1=O. The Hall–Kier alpha value is -2.95. The standard InChI is InChI=1S/C24H27NO4/c1-13-7-6-8-18(24(28)25-4)19(13)21-22(26)15(3)14(2)20(23(21)27)16-9-11-17(29-5)12-10-16/h6-12,14-15,20-21H,1-5H3,(H,25,28). The molecule has 1 aliphatic carbocycles. The summed E-state index contributed by atoms with van der Waals surface area (Å²) in [6, 6.07) is 12.7. The Morgan fingerprint density at radius 3 is 2.24 bits per heavy atom. The molecule has 29 heavy (non-hydrogen) atoms. The van der Waals surface area contributed by atoms with Crippen LogP contribution in [-0.2, 0) is 9.59 Å². The van der Waals surface area contributed by atoms with E-state index in [1.807, 2.05) is 51.1 Å². The molecule has 0 bridgehead atoms. The van der Waals surface area contributed by atoms with E-state index in [-0.39, 0.29) is 29.3 Å². The normalized spacial score (nSPS) is 24.3. The number of hydrogen-bond acceptors (Lipinski definition) is 4. The Balaban J connectivity index is 2.14. The minimum Gasteiger partial charge on any atom is -0.497 e. The zero-order valence-corrected chi connectivity index (χ0v) is 17.5. The molecule has 1 fully saturated rings. The Kier molecular flexibility index (Phi) is 5.87. The molecular formula is C24H27NO4. The molecule has 0 aromatic heterocycles. The van der Waals surface area contributed by atoms with E-state index in [2.05, 4.69) is 5.32 Å². The van der Waals surface area contributed by atoms with Gasteiger partial charge in [0.25, 0.3) is 5.91 Å². The highest BCUT2D eigenvalue weighted by atomic mass is 16.5. The van der Waals surface area contributed by atoms with Gasteiger partial charge >= 0.3 is 0 Å². The minimum atomic E-state index is -0.943. The summed E-state index contributed by atoms with van der Waals surface area (Å²) < 4.78 is 5.23. The molecule has 152 valence electrons. The summed E-state index contributed by atoms with van der Waals surface area (Å²) in [6.07, 6.45) is 0. The van der Waals surface area contributed by atoms with Crippen molar-refractivity contribution in [1.29, 1.82) is 0 Å². The number of aryl methyl sites for hydroxylation is 1. The van der Waals surface area contributed by atoms with Crippen LogP contribution in [0.4, 0.5) is 0 Å². The molecule has 3 rings (SSSR count). The van der Waals surface area contributed by atoms with E-state index in [0.29, 0.717) is 16.9 Å². The first-order valence-electron chi connectivity index (χ1n) is 9.84. The molecule has 1 N–H and O–H groups in total. The van der Waals surface area contributed by atoms with E-state index in [0.717, 1.165) is 11.1 Å². The van der Waals surface area contributed by atoms with E-state index in [9.17, 15) is 14.4 Å². The summed E-state index contributed by atoms with van der Waals surface area (Å²) in [5, 5.41) is 2.62. The van der Waals surface area contributed by atoms with Crippen LogP contribution in [0.3, 0.4) is 0 Å². The van der Waals surface area contributed by atoms with Crippen LogP contribution >= 0.6 is 0 Å². The van der Waals surface area contributed by atoms with Gasteiger partial charge in [-0.05, 0) is 47.7 Å². The van der Waals surface area contributed by atoms with Gasteiger partial charge in [-0.2, -0.15) is 0 Å². The van der Waals surface area contributed by atoms with Gasteiger partial charge in [0, 0.05) is 24.4 Å². The second-order valence-electron chi connectivity index (χ2n) is 7.75. The Morgan fingerprint density at radius 1 is 1.00 bits per heavy atom. The zero-order valence-electron chi connectivity index (χ0n) is 17.5. The smallest absolute Gasteiger partial charge is 0.251 e. The number of carbonyl (C=O) groups is 3. The van der Waals surface area contributed by atoms with Crippen molar-refractivity contribution in [3.8, 4) is 5.75 Å². The number of Topliss-reactive ketones (excluding diaryl/α,β-unsaturated/α-hetero) is 2. The number of ketones is 2. The van der Waals surface area contributed by atoms with Gasteiger partial charge in [0.1, 0.15) is 11.7 Å². The number of benzene rings is 2. The van der Waals surface area contributed by atoms with E-state index in [1.165, 1.54) is 0 Å². The third-order valence-corrected chi connectivity index (χ3v) is 6.20. The molecule has 0 spiro atoms. The predicted molar refractivity (Wildman–Crippen MR) is 111 cm³/mol. The summed E-state index contributed by atoms with van der Waals surface area (Å²) in [5.41, 5.74) is 2.55. The molecule has 0 aliphatic heterocycles. The van der Waals surface area contributed by atoms with Crippen LogP contribution < -0.4 is 10.1 Å². The predicted octanol–water partition coefficient (Wildman–Crippen LogP) is 3.65. The van der Waals surface area contributed by atoms with E-state index in [1.54, 1.807) is 26.3 Å². The van der Waals surface area contributed by atoms with Crippen molar-refractivity contribution in [3.05, 3.63) is 64.7 Å². The van der Waals surface area contributed by atoms with E-state index >= 15 is 0 Å². The molecule has 2 aromatic rings. The van der Waals surface area contributed by atoms with E-state index in [4.69, 9.17) is 4.74 Å². The van der Waals surface area contributed by atoms with Gasteiger partial charge in [0.15, 0.2) is 11.6 Å². The van der Waals surface area contributed by atoms with Crippen molar-refractivity contribution in [2.24, 2.45) is 11.8 Å². The second-order valence-corrected chi connectivity index (χ2v) is 7.75. The van der Waals surface area contributed by atoms with E-state index < -0.39 is 11.8 Å². The molecule has 0 radical (unpaired) electrons. The number of nitrogens with one attached hydrogen (secondary N) is 1. The van der Waals surface area contributed by atoms with Crippen LogP contribution in [0.2, 0.25) is 0 Å². The third-order valence-electron chi connectivity index (χ3n) is 6.20. The van der Waals surface area contributed by atoms with Crippen LogP contribution in [0.1, 0.15) is 52.7 Å². The summed E-state index contributed by atoms with van der Waals surface area (Å²) in [4.78, 5) is 39.4. The first kappa shape index (κ1) is 20.8. The quantitative estimate of drug-likeness (QED) is 0.805. The maximum atomic E-state index is 13.7. The fourth-order valence-electron chi connectivity index (χ4n) is 4.35. The Labute approximate surface area is 171 Å². The van der Waals surface area contributed by atoms with Gasteiger partial charge < -0.3 is 10.1 Å². The molecule has 1 amide bonds. The second kappa shape index (κ2) is 8.19. The molecular weight excluding hydrogens is 366 g/mol. The number of carbonyl (C=O) groups excluding carboxylic acids is 3. The summed E-state index contributed by atoms with van der Waals surface area (Å²) >= 11 is 0. The van der Waals surface area contributed by atoms with Crippen LogP contribution in [0.15, 0.2) is 42.5 Å². The highest BCUT2D eigenvalue weighted by Crippen LogP contribution is 2.44. The number of amides is 1. The van der Waals surface area contributed by atoms with Gasteiger partial charge in [-0.3, -0.25) is 14.4 Å². The van der Waals surface area contributed by atoms with Crippen molar-refractivity contribution in [1.82, 2.24) is 5.32 Å². The van der Waals surface area contributed by atoms with Crippen molar-refractivity contribution in [2.45, 2.75) is 32.6 Å². The summed E-state index contributed by atoms with van der Waals surface area (Å²) in [5.74, 6) is -1.65. The highest BCUT2D eigenvalue weighted by Gasteiger charge is 2.48. The van der Waals surface area contributed by atoms with Crippen molar-refractivity contribution in [2.75, 3.05) is 14.2 Å². The lowest BCUT2D eigenvalue weighted by atomic mass is 9.63. The molecule has 0 saturated heterocycles. The van der Waals surface area contributed by atoms with Gasteiger partial charge in [-0.1, -0.05) is 38.1 Å². The Morgan fingerprint density at radius 2 is 1.66 bits per heavy atom. The van der Waals surface area contributed by atoms with Crippen LogP contribution in [0.25, 0.3) is 0 Å². The lowest BCUT2D eigenvalue weighted by Gasteiger charge is -2.38. The maximum Gasteiger partial charge on any atom is 0.251 e. The lowest BCUT2D eigenvalue weighted by Crippen LogP contribution is -2.44. The number of methoxy groups -OCH3 is 1. The number of hydrogen-bond donors (Lipinski definition) is 1. The van der Waals surface area contributed by atoms with Gasteiger partial charge in [0.05, 0.1) is 7.11 Å². The minimum absolute atomic E-state index is 0.119. The highest BCUT2D eigenvalue weighted by molar-refractivity contribution is 6.15. The van der Waals surface area contributed by atoms with Gasteiger partial charge in [-0.15, -0.1) is 0 Å². The molecule has 1 aliphatic rings. The molecule has 0 heterocycles. The van der Waals surface area contributed by atoms with Crippen molar-refractivity contribution in [3.63, 3.8) is 0 Å². The van der Waals surface area contributed by atoms with Gasteiger partial charge in [-0.25, -0.2) is 0 Å². The molecule has 5 heteroatoms. The van der Waals surface area contributed by atoms with Crippen LogP contribution in [0.5, 0.6) is 5.75 Å². The first-order chi connectivity index (χ1) is 13.8. The topological polar surface area (TPSA) is 72.5 Å². The average Bonchev–Trinajstić information content (AvgIpc) is 2.73. The molecule has 4 unspecified atom stereocenters. The first-order valence-corrected chi connectivity index (χ1v) is 9.84. The Bertz CT molecular complexity index is 948. The number of rotatable bonds is 4. The number of ether oxygens (including phenoxy) is 1. The maximum absolute atomic E-state index is 13.7. The van der Waals surface area contributed by atoms with Crippen LogP contribution in [-0.4, -0.2) is 31.6 Å². The molecule has 1 saturated carbocycles. The largest absolute Gasteiger partial charge is 0.497 e. The molecule has 5 nitrogen and oxygen atoms in total. The zero-order chi connectivity index (χ0) is 21.3. The van der Waals surface area contributed by atoms with Gasteiger partial charge in [0.2, 0.25) is 0 Å². The molecule has 2 aromatic carbocycles. The fourth-order valence-corrected chi connectivity index (χ4v) is 4.35. The third kappa shape index (κ3) is 3.57. The van der Waals surface area contributed by atoms with Crippen molar-refractivity contribution >= 4 is 17.5 Å². The monoisotopic (exact) mass is 393 g/mol. The van der Waals surface area contributed by atoms with Crippen molar-refractivity contribution < 1.29 is 19.1 Å². The molecule has 4 atom stereocenters. The average molecular weight is 393 g/mol. The fraction of sp³-hybridized carbons (Fsp3) is 0.375. The summed E-state index contributed by atoms with van der Waals surface area (Å²) in [7, 11) is 3.14. The van der Waals surface area contributed by atoms with Crippen LogP contribution in [0, 0.1) is 18.8 Å². The summed E-state index contributed by atoms with van der Waals surface area (Å²) in [6.45, 7) is 5.66. The lowest BCUT2D eigenvalue weighted by molar-refractivity contribution is -0.138.